The number of nitrogens with one attached hydrogen (secondary N) is 1. The summed E-state index contributed by atoms with van der Waals surface area (Å²) in [7, 11) is 3.13. The summed E-state index contributed by atoms with van der Waals surface area (Å²) in [6, 6.07) is 13.4. The summed E-state index contributed by atoms with van der Waals surface area (Å²) in [4.78, 5) is 24.1. The van der Waals surface area contributed by atoms with Crippen molar-refractivity contribution in [3.8, 4) is 5.75 Å². The monoisotopic (exact) mass is 315 g/mol. The van der Waals surface area contributed by atoms with Crippen molar-refractivity contribution in [2.45, 2.75) is 0 Å². The van der Waals surface area contributed by atoms with Crippen LogP contribution in [0, 0.1) is 10.1 Å². The van der Waals surface area contributed by atoms with E-state index in [1.807, 2.05) is 30.3 Å². The molecule has 0 aliphatic carbocycles. The highest BCUT2D eigenvalue weighted by Gasteiger charge is 2.14. The maximum atomic E-state index is 12.2. The zero-order chi connectivity index (χ0) is 16.8. The van der Waals surface area contributed by atoms with Crippen LogP contribution in [0.3, 0.4) is 0 Å². The van der Waals surface area contributed by atoms with Crippen LogP contribution in [0.4, 0.5) is 17.1 Å². The second-order valence-electron chi connectivity index (χ2n) is 4.78. The summed E-state index contributed by atoms with van der Waals surface area (Å²) >= 11 is 0. The summed E-state index contributed by atoms with van der Waals surface area (Å²) < 4.78 is 5.15. The number of hydrogen-bond donors (Lipinski definition) is 1. The average molecular weight is 315 g/mol. The van der Waals surface area contributed by atoms with Crippen LogP contribution in [0.5, 0.6) is 5.75 Å². The molecule has 0 heterocycles. The number of hydrogen-bond acceptors (Lipinski definition) is 5. The fraction of sp³-hybridized carbons (Fsp3) is 0.188. The van der Waals surface area contributed by atoms with Gasteiger partial charge in [0.2, 0.25) is 5.91 Å². The van der Waals surface area contributed by atoms with Crippen LogP contribution < -0.4 is 15.0 Å². The van der Waals surface area contributed by atoms with Crippen molar-refractivity contribution in [2.75, 3.05) is 30.9 Å². The maximum Gasteiger partial charge on any atom is 0.271 e. The molecule has 0 atom stereocenters. The van der Waals surface area contributed by atoms with Gasteiger partial charge in [-0.3, -0.25) is 14.9 Å². The molecule has 2 rings (SSSR count). The van der Waals surface area contributed by atoms with Crippen LogP contribution >= 0.6 is 0 Å². The third kappa shape index (κ3) is 3.97. The second-order valence-corrected chi connectivity index (χ2v) is 4.78. The molecule has 0 unspecified atom stereocenters. The minimum Gasteiger partial charge on any atom is -0.495 e. The van der Waals surface area contributed by atoms with Gasteiger partial charge in [-0.2, -0.15) is 0 Å². The third-order valence-corrected chi connectivity index (χ3v) is 3.34. The number of carbonyl (C=O) groups excluding carboxylic acids is 1. The fourth-order valence-corrected chi connectivity index (χ4v) is 2.03. The van der Waals surface area contributed by atoms with E-state index in [1.165, 1.54) is 30.2 Å². The highest BCUT2D eigenvalue weighted by molar-refractivity contribution is 5.95. The quantitative estimate of drug-likeness (QED) is 0.654. The second kappa shape index (κ2) is 7.26. The molecule has 0 aliphatic rings. The van der Waals surface area contributed by atoms with E-state index < -0.39 is 4.92 Å². The number of benzene rings is 2. The number of nitro benzene ring substituents is 1. The molecule has 0 spiro atoms. The first-order valence-corrected chi connectivity index (χ1v) is 6.91. The SMILES string of the molecule is COc1ccc([N+](=O)[O-])cc1NCC(=O)N(C)c1ccccc1. The van der Waals surface area contributed by atoms with Gasteiger partial charge in [0.25, 0.3) is 5.69 Å². The molecule has 0 bridgehead atoms. The Hall–Kier alpha value is -3.09. The number of non-ortho nitro benzene ring substituents is 1. The summed E-state index contributed by atoms with van der Waals surface area (Å²) in [6.45, 7) is -0.0110. The van der Waals surface area contributed by atoms with E-state index in [2.05, 4.69) is 5.32 Å². The van der Waals surface area contributed by atoms with Gasteiger partial charge in [-0.1, -0.05) is 18.2 Å². The zero-order valence-corrected chi connectivity index (χ0v) is 12.9. The molecule has 0 radical (unpaired) electrons. The molecule has 7 heteroatoms. The normalized spacial score (nSPS) is 10.0. The number of methoxy groups -OCH3 is 1. The predicted octanol–water partition coefficient (Wildman–Crippen LogP) is 2.68. The number of nitro groups is 1. The van der Waals surface area contributed by atoms with Crippen molar-refractivity contribution in [1.29, 1.82) is 0 Å². The van der Waals surface area contributed by atoms with E-state index in [0.717, 1.165) is 5.69 Å². The van der Waals surface area contributed by atoms with Crippen molar-refractivity contribution < 1.29 is 14.5 Å². The molecule has 1 amide bonds. The van der Waals surface area contributed by atoms with Crippen molar-refractivity contribution in [3.63, 3.8) is 0 Å². The molecule has 120 valence electrons. The van der Waals surface area contributed by atoms with Crippen LogP contribution in [-0.4, -0.2) is 31.5 Å². The molecule has 0 saturated heterocycles. The van der Waals surface area contributed by atoms with Crippen molar-refractivity contribution in [1.82, 2.24) is 0 Å². The topological polar surface area (TPSA) is 84.7 Å². The Balaban J connectivity index is 2.09. The van der Waals surface area contributed by atoms with Crippen molar-refractivity contribution in [3.05, 3.63) is 58.6 Å². The molecule has 7 nitrogen and oxygen atoms in total. The van der Waals surface area contributed by atoms with Gasteiger partial charge in [0.05, 0.1) is 24.3 Å². The van der Waals surface area contributed by atoms with Gasteiger partial charge in [0, 0.05) is 24.9 Å². The fourth-order valence-electron chi connectivity index (χ4n) is 2.03. The lowest BCUT2D eigenvalue weighted by Gasteiger charge is -2.18. The largest absolute Gasteiger partial charge is 0.495 e. The summed E-state index contributed by atoms with van der Waals surface area (Å²) in [6.07, 6.45) is 0. The van der Waals surface area contributed by atoms with Crippen LogP contribution in [0.1, 0.15) is 0 Å². The first-order chi connectivity index (χ1) is 11.0. The molecule has 0 aromatic heterocycles. The Morgan fingerprint density at radius 1 is 1.26 bits per heavy atom. The molecule has 0 fully saturated rings. The van der Waals surface area contributed by atoms with Crippen LogP contribution in [0.2, 0.25) is 0 Å². The number of amides is 1. The Morgan fingerprint density at radius 2 is 1.96 bits per heavy atom. The van der Waals surface area contributed by atoms with Gasteiger partial charge >= 0.3 is 0 Å². The van der Waals surface area contributed by atoms with Gasteiger partial charge in [0.1, 0.15) is 5.75 Å². The van der Waals surface area contributed by atoms with Crippen molar-refractivity contribution >= 4 is 23.0 Å². The number of rotatable bonds is 6. The summed E-state index contributed by atoms with van der Waals surface area (Å²) in [5.74, 6) is 0.260. The molecular weight excluding hydrogens is 298 g/mol. The van der Waals surface area contributed by atoms with Crippen LogP contribution in [0.15, 0.2) is 48.5 Å². The van der Waals surface area contributed by atoms with E-state index in [-0.39, 0.29) is 18.1 Å². The van der Waals surface area contributed by atoms with Gasteiger partial charge < -0.3 is 15.0 Å². The first-order valence-electron chi connectivity index (χ1n) is 6.91. The highest BCUT2D eigenvalue weighted by atomic mass is 16.6. The van der Waals surface area contributed by atoms with Crippen LogP contribution in [0.25, 0.3) is 0 Å². The Bertz CT molecular complexity index is 704. The molecular formula is C16H17N3O4. The highest BCUT2D eigenvalue weighted by Crippen LogP contribution is 2.28. The van der Waals surface area contributed by atoms with Crippen molar-refractivity contribution in [2.24, 2.45) is 0 Å². The first kappa shape index (κ1) is 16.3. The third-order valence-electron chi connectivity index (χ3n) is 3.34. The number of carbonyl (C=O) groups is 1. The number of nitrogens with zero attached hydrogens (tertiary/aromatic N) is 2. The molecule has 23 heavy (non-hydrogen) atoms. The lowest BCUT2D eigenvalue weighted by atomic mass is 10.2. The van der Waals surface area contributed by atoms with E-state index in [0.29, 0.717) is 11.4 Å². The van der Waals surface area contributed by atoms with Crippen LogP contribution in [-0.2, 0) is 4.79 Å². The molecule has 0 aliphatic heterocycles. The maximum absolute atomic E-state index is 12.2. The minimum absolute atomic E-state index is 0.0110. The predicted molar refractivity (Wildman–Crippen MR) is 88.0 cm³/mol. The molecule has 1 N–H and O–H groups in total. The van der Waals surface area contributed by atoms with E-state index >= 15 is 0 Å². The molecule has 2 aromatic carbocycles. The number of likely N-dealkylation sites (N-methyl/N-ethyl adjacent to an activating group) is 1. The smallest absolute Gasteiger partial charge is 0.271 e. The van der Waals surface area contributed by atoms with Gasteiger partial charge in [-0.25, -0.2) is 0 Å². The van der Waals surface area contributed by atoms with E-state index in [4.69, 9.17) is 4.74 Å². The number of para-hydroxylation sites is 1. The number of anilines is 2. The Kier molecular flexibility index (Phi) is 5.14. The van der Waals surface area contributed by atoms with E-state index in [9.17, 15) is 14.9 Å². The van der Waals surface area contributed by atoms with Gasteiger partial charge in [-0.05, 0) is 18.2 Å². The Morgan fingerprint density at radius 3 is 2.57 bits per heavy atom. The lowest BCUT2D eigenvalue weighted by Crippen LogP contribution is -2.32. The standard InChI is InChI=1S/C16H17N3O4/c1-18(12-6-4-3-5-7-12)16(20)11-17-14-10-13(19(21)22)8-9-15(14)23-2/h3-10,17H,11H2,1-2H3. The zero-order valence-electron chi connectivity index (χ0n) is 12.9. The average Bonchev–Trinajstić information content (AvgIpc) is 2.59. The number of ether oxygens (including phenoxy) is 1. The minimum atomic E-state index is -0.497. The summed E-state index contributed by atoms with van der Waals surface area (Å²) in [5.41, 5.74) is 1.10. The van der Waals surface area contributed by atoms with Gasteiger partial charge in [-0.15, -0.1) is 0 Å². The van der Waals surface area contributed by atoms with Gasteiger partial charge in [0.15, 0.2) is 0 Å². The Labute approximate surface area is 133 Å². The molecule has 2 aromatic rings. The summed E-state index contributed by atoms with van der Waals surface area (Å²) in [5, 5.41) is 13.7. The lowest BCUT2D eigenvalue weighted by molar-refractivity contribution is -0.384. The van der Waals surface area contributed by atoms with E-state index in [1.54, 1.807) is 7.05 Å². The molecule has 0 saturated carbocycles.